The van der Waals surface area contributed by atoms with E-state index < -0.39 is 5.97 Å². The monoisotopic (exact) mass is 401 g/mol. The average molecular weight is 401 g/mol. The molecule has 0 spiro atoms. The van der Waals surface area contributed by atoms with E-state index in [1.165, 1.54) is 18.2 Å². The van der Waals surface area contributed by atoms with Crippen LogP contribution in [0, 0.1) is 0 Å². The molecule has 1 amide bonds. The Morgan fingerprint density at radius 3 is 2.64 bits per heavy atom. The normalized spacial score (nSPS) is 16.4. The second-order valence-corrected chi connectivity index (χ2v) is 7.35. The number of carbonyl (C=O) groups excluding carboxylic acids is 2. The molecule has 28 heavy (non-hydrogen) atoms. The number of carboxylic acid groups (broad SMARTS) is 1. The first-order valence-corrected chi connectivity index (χ1v) is 9.79. The second kappa shape index (κ2) is 8.79. The number of hydrogen-bond donors (Lipinski definition) is 2. The first kappa shape index (κ1) is 19.8. The Labute approximate surface area is 165 Å². The molecule has 8 heteroatoms. The number of nitrogens with zero attached hydrogens (tertiary/aromatic N) is 1. The quantitative estimate of drug-likeness (QED) is 0.717. The molecule has 3 rings (SSSR count). The van der Waals surface area contributed by atoms with Crippen molar-refractivity contribution in [3.05, 3.63) is 59.2 Å². The number of hydrogen-bond acceptors (Lipinski definition) is 6. The number of carboxylic acids is 1. The van der Waals surface area contributed by atoms with Crippen LogP contribution in [0.5, 0.6) is 11.5 Å². The molecular formula is C20H19NO6S. The van der Waals surface area contributed by atoms with Crippen LogP contribution in [-0.2, 0) is 0 Å². The SMILES string of the molecule is O=Cc1c(O)cccc1OCC1CSCCN1C(=O)c1ccccc1C(=O)O. The van der Waals surface area contributed by atoms with Gasteiger partial charge in [-0.1, -0.05) is 18.2 Å². The van der Waals surface area contributed by atoms with Gasteiger partial charge >= 0.3 is 5.97 Å². The third kappa shape index (κ3) is 4.12. The van der Waals surface area contributed by atoms with Crippen LogP contribution in [0.25, 0.3) is 0 Å². The molecule has 1 atom stereocenters. The van der Waals surface area contributed by atoms with Gasteiger partial charge in [0.1, 0.15) is 18.1 Å². The van der Waals surface area contributed by atoms with Crippen molar-refractivity contribution < 1.29 is 29.3 Å². The Hall–Kier alpha value is -3.00. The molecule has 0 aliphatic carbocycles. The molecule has 146 valence electrons. The van der Waals surface area contributed by atoms with E-state index in [4.69, 9.17) is 4.74 Å². The van der Waals surface area contributed by atoms with E-state index in [0.29, 0.717) is 18.6 Å². The van der Waals surface area contributed by atoms with Crippen molar-refractivity contribution in [3.63, 3.8) is 0 Å². The van der Waals surface area contributed by atoms with Crippen molar-refractivity contribution in [2.45, 2.75) is 6.04 Å². The first-order valence-electron chi connectivity index (χ1n) is 8.64. The molecule has 7 nitrogen and oxygen atoms in total. The van der Waals surface area contributed by atoms with Gasteiger partial charge in [-0.15, -0.1) is 0 Å². The van der Waals surface area contributed by atoms with Gasteiger partial charge in [-0.05, 0) is 24.3 Å². The van der Waals surface area contributed by atoms with Gasteiger partial charge in [0.15, 0.2) is 6.29 Å². The van der Waals surface area contributed by atoms with E-state index in [0.717, 1.165) is 5.75 Å². The summed E-state index contributed by atoms with van der Waals surface area (Å²) in [7, 11) is 0. The van der Waals surface area contributed by atoms with Crippen LogP contribution in [0.1, 0.15) is 31.1 Å². The topological polar surface area (TPSA) is 104 Å². The summed E-state index contributed by atoms with van der Waals surface area (Å²) in [5.41, 5.74) is 0.152. The van der Waals surface area contributed by atoms with Gasteiger partial charge in [0.2, 0.25) is 0 Å². The number of carbonyl (C=O) groups is 3. The summed E-state index contributed by atoms with van der Waals surface area (Å²) in [6.07, 6.45) is 0.520. The van der Waals surface area contributed by atoms with Gasteiger partial charge in [-0.2, -0.15) is 11.8 Å². The van der Waals surface area contributed by atoms with Crippen LogP contribution in [0.15, 0.2) is 42.5 Å². The highest BCUT2D eigenvalue weighted by molar-refractivity contribution is 7.99. The van der Waals surface area contributed by atoms with Gasteiger partial charge in [-0.3, -0.25) is 9.59 Å². The average Bonchev–Trinajstić information content (AvgIpc) is 2.72. The second-order valence-electron chi connectivity index (χ2n) is 6.20. The van der Waals surface area contributed by atoms with Crippen LogP contribution < -0.4 is 4.74 Å². The van der Waals surface area contributed by atoms with Crippen LogP contribution in [-0.4, -0.2) is 64.0 Å². The van der Waals surface area contributed by atoms with E-state index in [-0.39, 0.29) is 46.7 Å². The molecule has 2 aromatic carbocycles. The molecule has 1 aliphatic heterocycles. The molecule has 2 N–H and O–H groups in total. The lowest BCUT2D eigenvalue weighted by atomic mass is 10.1. The largest absolute Gasteiger partial charge is 0.507 e. The molecule has 0 bridgehead atoms. The van der Waals surface area contributed by atoms with Crippen molar-refractivity contribution >= 4 is 29.9 Å². The molecule has 0 radical (unpaired) electrons. The maximum absolute atomic E-state index is 13.0. The highest BCUT2D eigenvalue weighted by Crippen LogP contribution is 2.27. The summed E-state index contributed by atoms with van der Waals surface area (Å²) in [6.45, 7) is 0.588. The van der Waals surface area contributed by atoms with Crippen molar-refractivity contribution in [3.8, 4) is 11.5 Å². The predicted molar refractivity (Wildman–Crippen MR) is 105 cm³/mol. The Kier molecular flexibility index (Phi) is 6.20. The van der Waals surface area contributed by atoms with Gasteiger partial charge in [0, 0.05) is 18.1 Å². The molecule has 1 aliphatic rings. The van der Waals surface area contributed by atoms with Crippen LogP contribution in [0.2, 0.25) is 0 Å². The fraction of sp³-hybridized carbons (Fsp3) is 0.250. The van der Waals surface area contributed by atoms with Crippen LogP contribution in [0.3, 0.4) is 0 Å². The fourth-order valence-electron chi connectivity index (χ4n) is 3.03. The number of rotatable bonds is 6. The Bertz CT molecular complexity index is 900. The Morgan fingerprint density at radius 2 is 1.93 bits per heavy atom. The molecule has 0 saturated carbocycles. The van der Waals surface area contributed by atoms with E-state index >= 15 is 0 Å². The molecule has 1 saturated heterocycles. The van der Waals surface area contributed by atoms with Crippen LogP contribution >= 0.6 is 11.8 Å². The van der Waals surface area contributed by atoms with Gasteiger partial charge in [-0.25, -0.2) is 4.79 Å². The molecular weight excluding hydrogens is 382 g/mol. The molecule has 1 heterocycles. The van der Waals surface area contributed by atoms with Gasteiger partial charge in [0.25, 0.3) is 5.91 Å². The zero-order valence-electron chi connectivity index (χ0n) is 14.9. The molecule has 2 aromatic rings. The number of benzene rings is 2. The van der Waals surface area contributed by atoms with E-state index in [1.54, 1.807) is 40.9 Å². The smallest absolute Gasteiger partial charge is 0.336 e. The summed E-state index contributed by atoms with van der Waals surface area (Å²) < 4.78 is 5.73. The van der Waals surface area contributed by atoms with E-state index in [9.17, 15) is 24.6 Å². The molecule has 1 fully saturated rings. The minimum absolute atomic E-state index is 0.0402. The van der Waals surface area contributed by atoms with Crippen molar-refractivity contribution in [2.75, 3.05) is 24.7 Å². The van der Waals surface area contributed by atoms with Crippen molar-refractivity contribution in [1.29, 1.82) is 0 Å². The third-order valence-corrected chi connectivity index (χ3v) is 5.56. The lowest BCUT2D eigenvalue weighted by Crippen LogP contribution is -2.49. The minimum Gasteiger partial charge on any atom is -0.507 e. The van der Waals surface area contributed by atoms with E-state index in [1.807, 2.05) is 0 Å². The van der Waals surface area contributed by atoms with E-state index in [2.05, 4.69) is 0 Å². The highest BCUT2D eigenvalue weighted by atomic mass is 32.2. The Morgan fingerprint density at radius 1 is 1.18 bits per heavy atom. The minimum atomic E-state index is -1.15. The number of aldehydes is 1. The number of phenolic OH excluding ortho intramolecular Hbond substituents is 1. The summed E-state index contributed by atoms with van der Waals surface area (Å²) in [5, 5.41) is 19.1. The predicted octanol–water partition coefficient (Wildman–Crippen LogP) is 2.54. The number of ether oxygens (including phenoxy) is 1. The Balaban J connectivity index is 1.80. The zero-order chi connectivity index (χ0) is 20.1. The standard InChI is InChI=1S/C20H19NO6S/c22-10-16-17(23)6-3-7-18(16)27-11-13-12-28-9-8-21(13)19(24)14-4-1-2-5-15(14)20(25)26/h1-7,10,13,23H,8-9,11-12H2,(H,25,26). The lowest BCUT2D eigenvalue weighted by Gasteiger charge is -2.35. The summed E-state index contributed by atoms with van der Waals surface area (Å²) in [5.74, 6) is -0.0888. The summed E-state index contributed by atoms with van der Waals surface area (Å²) in [6, 6.07) is 10.4. The summed E-state index contributed by atoms with van der Waals surface area (Å²) >= 11 is 1.67. The molecule has 1 unspecified atom stereocenters. The first-order chi connectivity index (χ1) is 13.5. The number of aromatic hydroxyl groups is 1. The number of aromatic carboxylic acids is 1. The molecule has 0 aromatic heterocycles. The number of thioether (sulfide) groups is 1. The number of amides is 1. The zero-order valence-corrected chi connectivity index (χ0v) is 15.7. The van der Waals surface area contributed by atoms with Crippen LogP contribution in [0.4, 0.5) is 0 Å². The van der Waals surface area contributed by atoms with Gasteiger partial charge in [0.05, 0.1) is 22.7 Å². The fourth-order valence-corrected chi connectivity index (χ4v) is 4.07. The lowest BCUT2D eigenvalue weighted by molar-refractivity contribution is 0.0623. The highest BCUT2D eigenvalue weighted by Gasteiger charge is 2.30. The van der Waals surface area contributed by atoms with Gasteiger partial charge < -0.3 is 19.8 Å². The van der Waals surface area contributed by atoms with Crippen molar-refractivity contribution in [2.24, 2.45) is 0 Å². The third-order valence-electron chi connectivity index (χ3n) is 4.47. The maximum Gasteiger partial charge on any atom is 0.336 e. The summed E-state index contributed by atoms with van der Waals surface area (Å²) in [4.78, 5) is 37.3. The maximum atomic E-state index is 13.0. The van der Waals surface area contributed by atoms with Crippen molar-refractivity contribution in [1.82, 2.24) is 4.90 Å². The number of phenols is 1.